The smallest absolute Gasteiger partial charge is 0.233 e. The van der Waals surface area contributed by atoms with Crippen molar-refractivity contribution in [2.75, 3.05) is 0 Å². The van der Waals surface area contributed by atoms with Crippen LogP contribution in [0.3, 0.4) is 0 Å². The Morgan fingerprint density at radius 3 is 2.50 bits per heavy atom. The summed E-state index contributed by atoms with van der Waals surface area (Å²) in [6, 6.07) is 13.0. The summed E-state index contributed by atoms with van der Waals surface area (Å²) in [7, 11) is 0. The Balaban J connectivity index is 2.04. The minimum Gasteiger partial charge on any atom is -0.507 e. The first kappa shape index (κ1) is 12.3. The standard InChI is InChI=1S/C16H13NO3/c18-13-7-6-12(10-11-4-2-1-3-5-11)15(19)14(13)16-17-8-9-20-16/h1-9,18-19H,10H2. The van der Waals surface area contributed by atoms with Crippen LogP contribution in [-0.4, -0.2) is 15.2 Å². The topological polar surface area (TPSA) is 66.5 Å². The highest BCUT2D eigenvalue weighted by Crippen LogP contribution is 2.39. The Morgan fingerprint density at radius 2 is 1.80 bits per heavy atom. The molecule has 0 fully saturated rings. The van der Waals surface area contributed by atoms with Gasteiger partial charge in [0, 0.05) is 6.42 Å². The molecule has 1 aromatic heterocycles. The lowest BCUT2D eigenvalue weighted by Crippen LogP contribution is -1.91. The van der Waals surface area contributed by atoms with Crippen LogP contribution in [-0.2, 0) is 6.42 Å². The van der Waals surface area contributed by atoms with E-state index in [-0.39, 0.29) is 23.0 Å². The molecule has 20 heavy (non-hydrogen) atoms. The fourth-order valence-corrected chi connectivity index (χ4v) is 2.14. The second-order valence-electron chi connectivity index (χ2n) is 4.47. The van der Waals surface area contributed by atoms with Crippen LogP contribution in [0.4, 0.5) is 0 Å². The van der Waals surface area contributed by atoms with Gasteiger partial charge >= 0.3 is 0 Å². The van der Waals surface area contributed by atoms with Gasteiger partial charge in [-0.05, 0) is 17.2 Å². The third-order valence-corrected chi connectivity index (χ3v) is 3.12. The van der Waals surface area contributed by atoms with Gasteiger partial charge in [-0.1, -0.05) is 36.4 Å². The van der Waals surface area contributed by atoms with Gasteiger partial charge in [0.15, 0.2) is 0 Å². The number of rotatable bonds is 3. The molecule has 3 aromatic rings. The van der Waals surface area contributed by atoms with E-state index < -0.39 is 0 Å². The van der Waals surface area contributed by atoms with E-state index in [1.165, 1.54) is 18.5 Å². The van der Waals surface area contributed by atoms with Crippen molar-refractivity contribution in [3.63, 3.8) is 0 Å². The molecule has 0 amide bonds. The maximum Gasteiger partial charge on any atom is 0.233 e. The summed E-state index contributed by atoms with van der Waals surface area (Å²) in [5.41, 5.74) is 2.01. The number of oxazole rings is 1. The maximum atomic E-state index is 10.3. The van der Waals surface area contributed by atoms with Gasteiger partial charge in [-0.2, -0.15) is 0 Å². The third kappa shape index (κ3) is 2.23. The van der Waals surface area contributed by atoms with Crippen LogP contribution in [0, 0.1) is 0 Å². The Kier molecular flexibility index (Phi) is 3.13. The lowest BCUT2D eigenvalue weighted by Gasteiger charge is -2.09. The Morgan fingerprint density at radius 1 is 1.00 bits per heavy atom. The van der Waals surface area contributed by atoms with Gasteiger partial charge in [0.25, 0.3) is 0 Å². The summed E-state index contributed by atoms with van der Waals surface area (Å²) in [5, 5.41) is 20.2. The highest BCUT2D eigenvalue weighted by molar-refractivity contribution is 5.72. The second-order valence-corrected chi connectivity index (χ2v) is 4.47. The maximum absolute atomic E-state index is 10.3. The molecule has 0 radical (unpaired) electrons. The van der Waals surface area contributed by atoms with Crippen LogP contribution in [0.2, 0.25) is 0 Å². The molecule has 0 aliphatic rings. The fraction of sp³-hybridized carbons (Fsp3) is 0.0625. The molecule has 0 saturated heterocycles. The van der Waals surface area contributed by atoms with Crippen LogP contribution >= 0.6 is 0 Å². The fourth-order valence-electron chi connectivity index (χ4n) is 2.14. The van der Waals surface area contributed by atoms with Gasteiger partial charge < -0.3 is 14.6 Å². The first-order valence-electron chi connectivity index (χ1n) is 6.23. The van der Waals surface area contributed by atoms with Crippen molar-refractivity contribution in [3.8, 4) is 23.0 Å². The Hall–Kier alpha value is -2.75. The summed E-state index contributed by atoms with van der Waals surface area (Å²) in [6.45, 7) is 0. The molecule has 2 N–H and O–H groups in total. The first-order valence-corrected chi connectivity index (χ1v) is 6.23. The van der Waals surface area contributed by atoms with Crippen LogP contribution in [0.1, 0.15) is 11.1 Å². The summed E-state index contributed by atoms with van der Waals surface area (Å²) in [5.74, 6) is 0.146. The van der Waals surface area contributed by atoms with Crippen LogP contribution < -0.4 is 0 Å². The zero-order valence-corrected chi connectivity index (χ0v) is 10.7. The van der Waals surface area contributed by atoms with E-state index in [0.717, 1.165) is 5.56 Å². The molecule has 4 heteroatoms. The van der Waals surface area contributed by atoms with E-state index in [9.17, 15) is 10.2 Å². The van der Waals surface area contributed by atoms with Crippen molar-refractivity contribution in [2.45, 2.75) is 6.42 Å². The number of hydrogen-bond donors (Lipinski definition) is 2. The van der Waals surface area contributed by atoms with Crippen molar-refractivity contribution in [1.29, 1.82) is 0 Å². The van der Waals surface area contributed by atoms with E-state index in [1.807, 2.05) is 30.3 Å². The monoisotopic (exact) mass is 267 g/mol. The molecular weight excluding hydrogens is 254 g/mol. The molecule has 2 aromatic carbocycles. The SMILES string of the molecule is Oc1ccc(Cc2ccccc2)c(O)c1-c1ncco1. The van der Waals surface area contributed by atoms with E-state index in [1.54, 1.807) is 6.07 Å². The highest BCUT2D eigenvalue weighted by atomic mass is 16.3. The van der Waals surface area contributed by atoms with Crippen molar-refractivity contribution in [2.24, 2.45) is 0 Å². The summed E-state index contributed by atoms with van der Waals surface area (Å²) in [4.78, 5) is 3.97. The molecule has 0 saturated carbocycles. The molecule has 0 aliphatic heterocycles. The Bertz CT molecular complexity index is 706. The zero-order chi connectivity index (χ0) is 13.9. The van der Waals surface area contributed by atoms with E-state index in [4.69, 9.17) is 4.42 Å². The molecule has 0 unspecified atom stereocenters. The summed E-state index contributed by atoms with van der Waals surface area (Å²) >= 11 is 0. The molecule has 100 valence electrons. The van der Waals surface area contributed by atoms with E-state index in [0.29, 0.717) is 12.0 Å². The van der Waals surface area contributed by atoms with Gasteiger partial charge in [0.1, 0.15) is 23.3 Å². The van der Waals surface area contributed by atoms with Gasteiger partial charge in [0.2, 0.25) is 5.89 Å². The van der Waals surface area contributed by atoms with Crippen LogP contribution in [0.15, 0.2) is 59.3 Å². The molecule has 0 aliphatic carbocycles. The van der Waals surface area contributed by atoms with Crippen molar-refractivity contribution in [1.82, 2.24) is 4.98 Å². The summed E-state index contributed by atoms with van der Waals surface area (Å²) in [6.07, 6.45) is 3.44. The predicted molar refractivity (Wildman–Crippen MR) is 74.5 cm³/mol. The van der Waals surface area contributed by atoms with Crippen molar-refractivity contribution < 1.29 is 14.6 Å². The largest absolute Gasteiger partial charge is 0.507 e. The quantitative estimate of drug-likeness (QED) is 0.763. The van der Waals surface area contributed by atoms with Crippen LogP contribution in [0.5, 0.6) is 11.5 Å². The van der Waals surface area contributed by atoms with Crippen molar-refractivity contribution >= 4 is 0 Å². The van der Waals surface area contributed by atoms with Gasteiger partial charge in [-0.3, -0.25) is 0 Å². The molecule has 1 heterocycles. The van der Waals surface area contributed by atoms with Gasteiger partial charge in [0.05, 0.1) is 6.20 Å². The lowest BCUT2D eigenvalue weighted by atomic mass is 10.0. The highest BCUT2D eigenvalue weighted by Gasteiger charge is 2.17. The number of phenolic OH excluding ortho intramolecular Hbond substituents is 2. The average Bonchev–Trinajstić information content (AvgIpc) is 2.97. The Labute approximate surface area is 116 Å². The van der Waals surface area contributed by atoms with E-state index in [2.05, 4.69) is 4.98 Å². The molecule has 4 nitrogen and oxygen atoms in total. The van der Waals surface area contributed by atoms with E-state index >= 15 is 0 Å². The van der Waals surface area contributed by atoms with Crippen molar-refractivity contribution in [3.05, 3.63) is 66.1 Å². The minimum absolute atomic E-state index is 0.00342. The second kappa shape index (κ2) is 5.09. The molecular formula is C16H13NO3. The molecule has 0 atom stereocenters. The number of aromatic hydroxyl groups is 2. The number of aromatic nitrogens is 1. The normalized spacial score (nSPS) is 10.6. The molecule has 0 spiro atoms. The van der Waals surface area contributed by atoms with Gasteiger partial charge in [-0.15, -0.1) is 0 Å². The first-order chi connectivity index (χ1) is 9.75. The average molecular weight is 267 g/mol. The number of hydrogen-bond acceptors (Lipinski definition) is 4. The number of benzene rings is 2. The predicted octanol–water partition coefficient (Wildman–Crippen LogP) is 3.34. The molecule has 3 rings (SSSR count). The third-order valence-electron chi connectivity index (χ3n) is 3.12. The lowest BCUT2D eigenvalue weighted by molar-refractivity contribution is 0.444. The summed E-state index contributed by atoms with van der Waals surface area (Å²) < 4.78 is 5.16. The number of nitrogens with zero attached hydrogens (tertiary/aromatic N) is 1. The van der Waals surface area contributed by atoms with Gasteiger partial charge in [-0.25, -0.2) is 4.98 Å². The minimum atomic E-state index is -0.0539. The van der Waals surface area contributed by atoms with Crippen LogP contribution in [0.25, 0.3) is 11.5 Å². The number of phenols is 2. The molecule has 0 bridgehead atoms. The zero-order valence-electron chi connectivity index (χ0n) is 10.7.